The van der Waals surface area contributed by atoms with Gasteiger partial charge in [0.1, 0.15) is 0 Å². The highest BCUT2D eigenvalue weighted by Crippen LogP contribution is 2.21. The summed E-state index contributed by atoms with van der Waals surface area (Å²) >= 11 is 0. The number of benzene rings is 1. The van der Waals surface area contributed by atoms with E-state index in [1.807, 2.05) is 26.0 Å². The van der Waals surface area contributed by atoms with Crippen LogP contribution in [0.4, 0.5) is 0 Å². The van der Waals surface area contributed by atoms with E-state index in [4.69, 9.17) is 0 Å². The number of nitrogens with one attached hydrogen (secondary N) is 2. The van der Waals surface area contributed by atoms with E-state index >= 15 is 0 Å². The van der Waals surface area contributed by atoms with Gasteiger partial charge in [-0.05, 0) is 30.5 Å². The van der Waals surface area contributed by atoms with Gasteiger partial charge < -0.3 is 0 Å². The first-order chi connectivity index (χ1) is 9.77. The molecule has 6 heteroatoms. The molecule has 0 saturated carbocycles. The van der Waals surface area contributed by atoms with Gasteiger partial charge in [0, 0.05) is 12.7 Å². The summed E-state index contributed by atoms with van der Waals surface area (Å²) in [5, 5.41) is 0. The summed E-state index contributed by atoms with van der Waals surface area (Å²) in [6.07, 6.45) is 3.62. The molecule has 1 aliphatic heterocycles. The van der Waals surface area contributed by atoms with Crippen LogP contribution in [-0.4, -0.2) is 26.6 Å². The monoisotopic (exact) mass is 308 g/mol. The Labute approximate surface area is 125 Å². The lowest BCUT2D eigenvalue weighted by Crippen LogP contribution is -2.53. The molecule has 0 spiro atoms. The van der Waals surface area contributed by atoms with Crippen molar-refractivity contribution in [1.29, 1.82) is 0 Å². The fraction of sp³-hybridized carbons (Fsp3) is 0.400. The van der Waals surface area contributed by atoms with Crippen molar-refractivity contribution in [2.24, 2.45) is 5.92 Å². The van der Waals surface area contributed by atoms with Crippen molar-refractivity contribution in [2.45, 2.75) is 31.2 Å². The fourth-order valence-electron chi connectivity index (χ4n) is 2.51. The van der Waals surface area contributed by atoms with Crippen molar-refractivity contribution in [3.63, 3.8) is 0 Å². The SMILES string of the molecule is C/C(=C\c1cccc(S(C)(=O)=O)c1)C1NNC(=O)CC1C. The molecule has 1 aliphatic rings. The van der Waals surface area contributed by atoms with Gasteiger partial charge in [-0.25, -0.2) is 13.8 Å². The van der Waals surface area contributed by atoms with E-state index in [0.717, 1.165) is 11.1 Å². The smallest absolute Gasteiger partial charge is 0.234 e. The van der Waals surface area contributed by atoms with Gasteiger partial charge in [-0.15, -0.1) is 0 Å². The van der Waals surface area contributed by atoms with Crippen LogP contribution in [0.3, 0.4) is 0 Å². The molecular weight excluding hydrogens is 288 g/mol. The minimum atomic E-state index is -3.21. The number of amides is 1. The first-order valence-corrected chi connectivity index (χ1v) is 8.69. The molecule has 1 heterocycles. The standard InChI is InChI=1S/C15H20N2O3S/c1-10(15-11(2)8-14(18)16-17-15)7-12-5-4-6-13(9-12)21(3,19)20/h4-7,9,11,15,17H,8H2,1-3H3,(H,16,18)/b10-7+. The molecule has 1 aromatic carbocycles. The summed E-state index contributed by atoms with van der Waals surface area (Å²) < 4.78 is 23.2. The molecule has 1 saturated heterocycles. The average molecular weight is 308 g/mol. The minimum absolute atomic E-state index is 0.00868. The molecule has 0 aliphatic carbocycles. The van der Waals surface area contributed by atoms with E-state index in [-0.39, 0.29) is 17.9 Å². The van der Waals surface area contributed by atoms with E-state index < -0.39 is 9.84 Å². The van der Waals surface area contributed by atoms with Crippen molar-refractivity contribution < 1.29 is 13.2 Å². The molecule has 5 nitrogen and oxygen atoms in total. The maximum atomic E-state index is 11.6. The quantitative estimate of drug-likeness (QED) is 0.888. The zero-order valence-electron chi connectivity index (χ0n) is 12.4. The van der Waals surface area contributed by atoms with Crippen LogP contribution in [0.2, 0.25) is 0 Å². The number of carbonyl (C=O) groups is 1. The first-order valence-electron chi connectivity index (χ1n) is 6.80. The summed E-state index contributed by atoms with van der Waals surface area (Å²) in [6, 6.07) is 6.89. The Morgan fingerprint density at radius 2 is 2.10 bits per heavy atom. The first kappa shape index (κ1) is 15.7. The molecule has 0 radical (unpaired) electrons. The zero-order valence-corrected chi connectivity index (χ0v) is 13.2. The summed E-state index contributed by atoms with van der Waals surface area (Å²) in [5.74, 6) is 0.179. The molecule has 1 aromatic rings. The van der Waals surface area contributed by atoms with Crippen LogP contribution in [-0.2, 0) is 14.6 Å². The molecule has 0 bridgehead atoms. The Bertz CT molecular complexity index is 680. The Balaban J connectivity index is 2.25. The van der Waals surface area contributed by atoms with Gasteiger partial charge >= 0.3 is 0 Å². The topological polar surface area (TPSA) is 75.3 Å². The van der Waals surface area contributed by atoms with Crippen molar-refractivity contribution in [2.75, 3.05) is 6.26 Å². The molecule has 0 aromatic heterocycles. The van der Waals surface area contributed by atoms with Crippen molar-refractivity contribution in [3.05, 3.63) is 35.4 Å². The highest BCUT2D eigenvalue weighted by molar-refractivity contribution is 7.90. The van der Waals surface area contributed by atoms with E-state index in [2.05, 4.69) is 10.9 Å². The number of carbonyl (C=O) groups excluding carboxylic acids is 1. The minimum Gasteiger partial charge on any atom is -0.291 e. The largest absolute Gasteiger partial charge is 0.291 e. The molecule has 2 atom stereocenters. The zero-order chi connectivity index (χ0) is 15.6. The third-order valence-corrected chi connectivity index (χ3v) is 4.72. The van der Waals surface area contributed by atoms with E-state index in [1.54, 1.807) is 18.2 Å². The van der Waals surface area contributed by atoms with Gasteiger partial charge in [-0.1, -0.05) is 30.7 Å². The van der Waals surface area contributed by atoms with Crippen molar-refractivity contribution in [1.82, 2.24) is 10.9 Å². The number of hydrogen-bond donors (Lipinski definition) is 2. The van der Waals surface area contributed by atoms with Crippen LogP contribution in [0, 0.1) is 5.92 Å². The van der Waals surface area contributed by atoms with Crippen LogP contribution in [0.5, 0.6) is 0 Å². The Morgan fingerprint density at radius 3 is 2.71 bits per heavy atom. The molecule has 1 fully saturated rings. The second-order valence-corrected chi connectivity index (χ2v) is 7.60. The normalized spacial score (nSPS) is 23.8. The predicted molar refractivity (Wildman–Crippen MR) is 82.1 cm³/mol. The van der Waals surface area contributed by atoms with Crippen molar-refractivity contribution >= 4 is 21.8 Å². The molecule has 1 amide bonds. The summed E-state index contributed by atoms with van der Waals surface area (Å²) in [5.41, 5.74) is 7.52. The Morgan fingerprint density at radius 1 is 1.38 bits per heavy atom. The number of rotatable bonds is 3. The third kappa shape index (κ3) is 3.92. The van der Waals surface area contributed by atoms with Crippen LogP contribution in [0.1, 0.15) is 25.8 Å². The molecule has 114 valence electrons. The summed E-state index contributed by atoms with van der Waals surface area (Å²) in [4.78, 5) is 11.6. The number of hydrazine groups is 1. The lowest BCUT2D eigenvalue weighted by atomic mass is 9.90. The van der Waals surface area contributed by atoms with Gasteiger partial charge in [0.2, 0.25) is 5.91 Å². The maximum absolute atomic E-state index is 11.6. The highest BCUT2D eigenvalue weighted by Gasteiger charge is 2.26. The van der Waals surface area contributed by atoms with Gasteiger partial charge in [0.25, 0.3) is 0 Å². The van der Waals surface area contributed by atoms with Crippen LogP contribution >= 0.6 is 0 Å². The number of hydrogen-bond acceptors (Lipinski definition) is 4. The lowest BCUT2D eigenvalue weighted by molar-refractivity contribution is -0.125. The fourth-order valence-corrected chi connectivity index (χ4v) is 3.19. The van der Waals surface area contributed by atoms with Gasteiger partial charge in [-0.2, -0.15) is 0 Å². The van der Waals surface area contributed by atoms with Crippen molar-refractivity contribution in [3.8, 4) is 0 Å². The molecule has 2 rings (SSSR count). The van der Waals surface area contributed by atoms with E-state index in [0.29, 0.717) is 11.3 Å². The summed E-state index contributed by atoms with van der Waals surface area (Å²) in [7, 11) is -3.21. The highest BCUT2D eigenvalue weighted by atomic mass is 32.2. The molecule has 21 heavy (non-hydrogen) atoms. The second kappa shape index (κ2) is 5.99. The average Bonchev–Trinajstić information content (AvgIpc) is 2.37. The Kier molecular flexibility index (Phi) is 4.49. The second-order valence-electron chi connectivity index (χ2n) is 5.58. The molecule has 2 N–H and O–H groups in total. The van der Waals surface area contributed by atoms with E-state index in [9.17, 15) is 13.2 Å². The van der Waals surface area contributed by atoms with Gasteiger partial charge in [-0.3, -0.25) is 10.2 Å². The van der Waals surface area contributed by atoms with Crippen LogP contribution < -0.4 is 10.9 Å². The van der Waals surface area contributed by atoms with Crippen LogP contribution in [0.15, 0.2) is 34.7 Å². The van der Waals surface area contributed by atoms with E-state index in [1.165, 1.54) is 6.26 Å². The lowest BCUT2D eigenvalue weighted by Gasteiger charge is -2.30. The third-order valence-electron chi connectivity index (χ3n) is 3.61. The maximum Gasteiger partial charge on any atom is 0.234 e. The Hall–Kier alpha value is -1.66. The van der Waals surface area contributed by atoms with Gasteiger partial charge in [0.05, 0.1) is 10.9 Å². The predicted octanol–water partition coefficient (Wildman–Crippen LogP) is 1.52. The van der Waals surface area contributed by atoms with Gasteiger partial charge in [0.15, 0.2) is 9.84 Å². The summed E-state index contributed by atoms with van der Waals surface area (Å²) in [6.45, 7) is 3.99. The van der Waals surface area contributed by atoms with Crippen LogP contribution in [0.25, 0.3) is 6.08 Å². The molecule has 2 unspecified atom stereocenters. The number of sulfone groups is 1. The molecular formula is C15H20N2O3S.